The fourth-order valence-corrected chi connectivity index (χ4v) is 3.28. The molecule has 0 saturated carbocycles. The van der Waals surface area contributed by atoms with E-state index in [-0.39, 0.29) is 18.1 Å². The standard InChI is InChI=1S/C20H17ClN4O2S/c1-14-12-16(8-9-17(14)21)25(11-5-10-22)18(26)13-28-20-24-23-19(27-20)15-6-3-2-4-7-15/h2-4,6-9,12H,5,11,13H2,1H3. The molecular formula is C20H17ClN4O2S. The summed E-state index contributed by atoms with van der Waals surface area (Å²) in [6.45, 7) is 2.17. The molecule has 0 aliphatic rings. The van der Waals surface area contributed by atoms with Gasteiger partial charge in [0.2, 0.25) is 11.8 Å². The Morgan fingerprint density at radius 2 is 2.04 bits per heavy atom. The summed E-state index contributed by atoms with van der Waals surface area (Å²) in [6.07, 6.45) is 0.233. The fourth-order valence-electron chi connectivity index (χ4n) is 2.52. The first-order chi connectivity index (χ1) is 13.6. The van der Waals surface area contributed by atoms with Gasteiger partial charge < -0.3 is 9.32 Å². The van der Waals surface area contributed by atoms with Gasteiger partial charge in [0.05, 0.1) is 18.2 Å². The van der Waals surface area contributed by atoms with Crippen molar-refractivity contribution in [1.82, 2.24) is 10.2 Å². The molecule has 1 aromatic heterocycles. The highest BCUT2D eigenvalue weighted by molar-refractivity contribution is 7.99. The first kappa shape index (κ1) is 19.9. The number of anilines is 1. The summed E-state index contributed by atoms with van der Waals surface area (Å²) in [5, 5.41) is 17.9. The first-order valence-corrected chi connectivity index (χ1v) is 9.90. The summed E-state index contributed by atoms with van der Waals surface area (Å²) in [5.41, 5.74) is 2.39. The second-order valence-electron chi connectivity index (χ2n) is 5.91. The van der Waals surface area contributed by atoms with Gasteiger partial charge in [-0.05, 0) is 42.8 Å². The SMILES string of the molecule is Cc1cc(N(CCC#N)C(=O)CSc2nnc(-c3ccccc3)o2)ccc1Cl. The van der Waals surface area contributed by atoms with Crippen molar-refractivity contribution in [2.45, 2.75) is 18.6 Å². The summed E-state index contributed by atoms with van der Waals surface area (Å²) in [5.74, 6) is 0.371. The van der Waals surface area contributed by atoms with Gasteiger partial charge in [-0.15, -0.1) is 10.2 Å². The average molecular weight is 413 g/mol. The summed E-state index contributed by atoms with van der Waals surface area (Å²) in [6, 6.07) is 16.9. The van der Waals surface area contributed by atoms with E-state index < -0.39 is 0 Å². The zero-order valence-electron chi connectivity index (χ0n) is 15.1. The van der Waals surface area contributed by atoms with Gasteiger partial charge in [-0.3, -0.25) is 4.79 Å². The largest absolute Gasteiger partial charge is 0.411 e. The number of rotatable bonds is 7. The Morgan fingerprint density at radius 1 is 1.25 bits per heavy atom. The molecule has 8 heteroatoms. The summed E-state index contributed by atoms with van der Waals surface area (Å²) in [4.78, 5) is 14.3. The first-order valence-electron chi connectivity index (χ1n) is 8.53. The predicted molar refractivity (Wildman–Crippen MR) is 109 cm³/mol. The van der Waals surface area contributed by atoms with Crippen molar-refractivity contribution in [2.75, 3.05) is 17.2 Å². The van der Waals surface area contributed by atoms with Crippen LogP contribution in [0.1, 0.15) is 12.0 Å². The van der Waals surface area contributed by atoms with Crippen LogP contribution in [0.5, 0.6) is 0 Å². The number of hydrogen-bond donors (Lipinski definition) is 0. The topological polar surface area (TPSA) is 83.0 Å². The minimum Gasteiger partial charge on any atom is -0.411 e. The smallest absolute Gasteiger partial charge is 0.277 e. The number of benzene rings is 2. The summed E-state index contributed by atoms with van der Waals surface area (Å²) < 4.78 is 5.62. The number of aromatic nitrogens is 2. The Labute approximate surface area is 172 Å². The van der Waals surface area contributed by atoms with Gasteiger partial charge in [0.15, 0.2) is 0 Å². The third kappa shape index (κ3) is 4.91. The van der Waals surface area contributed by atoms with Crippen molar-refractivity contribution < 1.29 is 9.21 Å². The van der Waals surface area contributed by atoms with Gasteiger partial charge in [0.1, 0.15) is 0 Å². The van der Waals surface area contributed by atoms with Crippen LogP contribution in [0.2, 0.25) is 5.02 Å². The monoisotopic (exact) mass is 412 g/mol. The van der Waals surface area contributed by atoms with Crippen LogP contribution in [0.25, 0.3) is 11.5 Å². The molecule has 0 radical (unpaired) electrons. The number of amides is 1. The number of nitriles is 1. The molecule has 142 valence electrons. The molecule has 0 atom stereocenters. The van der Waals surface area contributed by atoms with Crippen molar-refractivity contribution in [3.8, 4) is 17.5 Å². The van der Waals surface area contributed by atoms with Gasteiger partial charge in [-0.25, -0.2) is 0 Å². The molecule has 2 aromatic carbocycles. The molecule has 6 nitrogen and oxygen atoms in total. The Bertz CT molecular complexity index is 1000. The second kappa shape index (κ2) is 9.40. The Balaban J connectivity index is 1.69. The maximum absolute atomic E-state index is 12.8. The lowest BCUT2D eigenvalue weighted by atomic mass is 10.2. The third-order valence-electron chi connectivity index (χ3n) is 3.95. The lowest BCUT2D eigenvalue weighted by Gasteiger charge is -2.22. The third-order valence-corrected chi connectivity index (χ3v) is 5.18. The quantitative estimate of drug-likeness (QED) is 0.521. The summed E-state index contributed by atoms with van der Waals surface area (Å²) >= 11 is 7.24. The molecule has 0 aliphatic heterocycles. The number of carbonyl (C=O) groups excluding carboxylic acids is 1. The van der Waals surface area contributed by atoms with Crippen molar-refractivity contribution in [2.24, 2.45) is 0 Å². The highest BCUT2D eigenvalue weighted by Gasteiger charge is 2.18. The van der Waals surface area contributed by atoms with Gasteiger partial charge in [-0.2, -0.15) is 5.26 Å². The number of nitrogens with zero attached hydrogens (tertiary/aromatic N) is 4. The number of halogens is 1. The minimum absolute atomic E-state index is 0.115. The zero-order chi connectivity index (χ0) is 19.9. The predicted octanol–water partition coefficient (Wildman–Crippen LogP) is 4.74. The molecule has 3 aromatic rings. The molecule has 0 unspecified atom stereocenters. The van der Waals surface area contributed by atoms with Gasteiger partial charge >= 0.3 is 0 Å². The van der Waals surface area contributed by atoms with Crippen molar-refractivity contribution >= 4 is 35.0 Å². The van der Waals surface area contributed by atoms with E-state index in [1.165, 1.54) is 11.8 Å². The van der Waals surface area contributed by atoms with Crippen molar-refractivity contribution in [3.63, 3.8) is 0 Å². The number of aryl methyl sites for hydroxylation is 1. The normalized spacial score (nSPS) is 10.5. The highest BCUT2D eigenvalue weighted by Crippen LogP contribution is 2.26. The van der Waals surface area contributed by atoms with Crippen molar-refractivity contribution in [3.05, 3.63) is 59.1 Å². The molecule has 0 aliphatic carbocycles. The Kier molecular flexibility index (Phi) is 6.69. The van der Waals surface area contributed by atoms with E-state index >= 15 is 0 Å². The van der Waals surface area contributed by atoms with E-state index in [2.05, 4.69) is 16.3 Å². The van der Waals surface area contributed by atoms with E-state index in [9.17, 15) is 4.79 Å². The van der Waals surface area contributed by atoms with Crippen LogP contribution < -0.4 is 4.90 Å². The van der Waals surface area contributed by atoms with Gasteiger partial charge in [-0.1, -0.05) is 41.6 Å². The highest BCUT2D eigenvalue weighted by atomic mass is 35.5. The minimum atomic E-state index is -0.151. The fraction of sp³-hybridized carbons (Fsp3) is 0.200. The molecule has 0 spiro atoms. The van der Waals surface area contributed by atoms with Gasteiger partial charge in [0, 0.05) is 22.8 Å². The molecule has 1 amide bonds. The molecule has 28 heavy (non-hydrogen) atoms. The average Bonchev–Trinajstić information content (AvgIpc) is 3.19. The van der Waals surface area contributed by atoms with Crippen LogP contribution in [0, 0.1) is 18.3 Å². The molecular weight excluding hydrogens is 396 g/mol. The van der Waals surface area contributed by atoms with Crippen molar-refractivity contribution in [1.29, 1.82) is 5.26 Å². The second-order valence-corrected chi connectivity index (χ2v) is 7.25. The maximum Gasteiger partial charge on any atom is 0.277 e. The van der Waals surface area contributed by atoms with Crippen LogP contribution in [0.3, 0.4) is 0 Å². The zero-order valence-corrected chi connectivity index (χ0v) is 16.7. The van der Waals surface area contributed by atoms with Gasteiger partial charge in [0.25, 0.3) is 5.22 Å². The number of carbonyl (C=O) groups is 1. The lowest BCUT2D eigenvalue weighted by Crippen LogP contribution is -2.33. The van der Waals surface area contributed by atoms with Crippen LogP contribution in [0.4, 0.5) is 5.69 Å². The van der Waals surface area contributed by atoms with Crippen LogP contribution >= 0.6 is 23.4 Å². The molecule has 0 bridgehead atoms. The molecule has 0 saturated heterocycles. The molecule has 3 rings (SSSR count). The molecule has 1 heterocycles. The van der Waals surface area contributed by atoms with E-state index in [1.54, 1.807) is 17.0 Å². The van der Waals surface area contributed by atoms with Crippen LogP contribution in [-0.4, -0.2) is 28.4 Å². The Hall–Kier alpha value is -2.82. The molecule has 0 fully saturated rings. The van der Waals surface area contributed by atoms with Crippen LogP contribution in [-0.2, 0) is 4.79 Å². The van der Waals surface area contributed by atoms with E-state index in [0.717, 1.165) is 11.1 Å². The number of thioether (sulfide) groups is 1. The lowest BCUT2D eigenvalue weighted by molar-refractivity contribution is -0.116. The molecule has 0 N–H and O–H groups in total. The Morgan fingerprint density at radius 3 is 2.75 bits per heavy atom. The maximum atomic E-state index is 12.8. The van der Waals surface area contributed by atoms with E-state index in [4.69, 9.17) is 21.3 Å². The van der Waals surface area contributed by atoms with E-state index in [0.29, 0.717) is 28.4 Å². The van der Waals surface area contributed by atoms with Crippen LogP contribution in [0.15, 0.2) is 58.2 Å². The summed E-state index contributed by atoms with van der Waals surface area (Å²) in [7, 11) is 0. The number of hydrogen-bond acceptors (Lipinski definition) is 6. The van der Waals surface area contributed by atoms with E-state index in [1.807, 2.05) is 43.3 Å².